The summed E-state index contributed by atoms with van der Waals surface area (Å²) in [5.41, 5.74) is 2.31. The molecule has 2 rings (SSSR count). The van der Waals surface area contributed by atoms with Crippen LogP contribution in [0.2, 0.25) is 0 Å². The van der Waals surface area contributed by atoms with Crippen molar-refractivity contribution in [2.45, 2.75) is 25.7 Å². The first-order chi connectivity index (χ1) is 6.60. The van der Waals surface area contributed by atoms with Crippen molar-refractivity contribution in [2.75, 3.05) is 6.61 Å². The summed E-state index contributed by atoms with van der Waals surface area (Å²) in [5.74, 6) is -0.0897. The minimum Gasteiger partial charge on any atom is -0.465 e. The Morgan fingerprint density at radius 1 is 1.29 bits per heavy atom. The van der Waals surface area contributed by atoms with Crippen LogP contribution >= 0.6 is 0 Å². The highest BCUT2D eigenvalue weighted by molar-refractivity contribution is 5.74. The van der Waals surface area contributed by atoms with Gasteiger partial charge in [0.05, 0.1) is 6.42 Å². The number of hydrogen-bond acceptors (Lipinski definition) is 2. The van der Waals surface area contributed by atoms with E-state index in [0.29, 0.717) is 13.0 Å². The van der Waals surface area contributed by atoms with Crippen LogP contribution in [0.5, 0.6) is 0 Å². The van der Waals surface area contributed by atoms with Gasteiger partial charge in [0.25, 0.3) is 0 Å². The number of ether oxygens (including phenoxy) is 1. The zero-order valence-corrected chi connectivity index (χ0v) is 8.54. The molecule has 0 radical (unpaired) electrons. The summed E-state index contributed by atoms with van der Waals surface area (Å²) in [6.07, 6.45) is 0.496. The largest absolute Gasteiger partial charge is 0.465 e. The van der Waals surface area contributed by atoms with Crippen molar-refractivity contribution in [1.82, 2.24) is 0 Å². The van der Waals surface area contributed by atoms with Gasteiger partial charge in [-0.1, -0.05) is 36.8 Å². The lowest BCUT2D eigenvalue weighted by Gasteiger charge is -2.20. The Kier molecular flexibility index (Phi) is 2.06. The Morgan fingerprint density at radius 2 is 1.93 bits per heavy atom. The van der Waals surface area contributed by atoms with Gasteiger partial charge in [-0.15, -0.1) is 0 Å². The molecule has 74 valence electrons. The van der Waals surface area contributed by atoms with E-state index in [1.54, 1.807) is 0 Å². The summed E-state index contributed by atoms with van der Waals surface area (Å²) in [6.45, 7) is 4.64. The zero-order valence-electron chi connectivity index (χ0n) is 8.54. The number of cyclic esters (lactones) is 1. The molecule has 1 heterocycles. The van der Waals surface area contributed by atoms with Gasteiger partial charge in [0.15, 0.2) is 0 Å². The molecule has 1 fully saturated rings. The second kappa shape index (κ2) is 3.12. The third-order valence-electron chi connectivity index (χ3n) is 2.83. The van der Waals surface area contributed by atoms with Crippen LogP contribution in [0, 0.1) is 6.92 Å². The monoisotopic (exact) mass is 190 g/mol. The van der Waals surface area contributed by atoms with Gasteiger partial charge in [-0.25, -0.2) is 0 Å². The molecule has 0 spiro atoms. The van der Waals surface area contributed by atoms with Crippen molar-refractivity contribution < 1.29 is 9.53 Å². The molecule has 0 N–H and O–H groups in total. The maximum atomic E-state index is 11.1. The van der Waals surface area contributed by atoms with E-state index in [9.17, 15) is 4.79 Å². The zero-order chi connectivity index (χ0) is 10.2. The predicted molar refractivity (Wildman–Crippen MR) is 54.1 cm³/mol. The van der Waals surface area contributed by atoms with Gasteiger partial charge < -0.3 is 4.74 Å². The van der Waals surface area contributed by atoms with E-state index in [1.165, 1.54) is 11.1 Å². The van der Waals surface area contributed by atoms with Crippen molar-refractivity contribution in [2.24, 2.45) is 0 Å². The van der Waals surface area contributed by atoms with Gasteiger partial charge in [0.1, 0.15) is 6.61 Å². The molecule has 1 aliphatic rings. The molecule has 14 heavy (non-hydrogen) atoms. The molecule has 0 saturated carbocycles. The first-order valence-electron chi connectivity index (χ1n) is 4.83. The minimum absolute atomic E-state index is 0.0897. The van der Waals surface area contributed by atoms with E-state index in [4.69, 9.17) is 4.74 Å². The Balaban J connectivity index is 2.30. The molecule has 2 heteroatoms. The normalized spacial score (nSPS) is 26.3. The molecule has 1 unspecified atom stereocenters. The van der Waals surface area contributed by atoms with Gasteiger partial charge in [-0.05, 0) is 12.5 Å². The summed E-state index contributed by atoms with van der Waals surface area (Å²) >= 11 is 0. The van der Waals surface area contributed by atoms with Crippen LogP contribution in [0.1, 0.15) is 24.5 Å². The molecule has 1 atom stereocenters. The van der Waals surface area contributed by atoms with Crippen molar-refractivity contribution in [1.29, 1.82) is 0 Å². The van der Waals surface area contributed by atoms with Crippen LogP contribution < -0.4 is 0 Å². The first kappa shape index (κ1) is 9.25. The van der Waals surface area contributed by atoms with Gasteiger partial charge in [-0.2, -0.15) is 0 Å². The number of carbonyl (C=O) groups is 1. The molecular weight excluding hydrogens is 176 g/mol. The molecule has 1 aliphatic heterocycles. The van der Waals surface area contributed by atoms with Gasteiger partial charge in [-0.3, -0.25) is 4.79 Å². The molecule has 0 amide bonds. The third-order valence-corrected chi connectivity index (χ3v) is 2.83. The van der Waals surface area contributed by atoms with E-state index >= 15 is 0 Å². The lowest BCUT2D eigenvalue weighted by Crippen LogP contribution is -2.21. The average Bonchev–Trinajstić information content (AvgIpc) is 2.48. The van der Waals surface area contributed by atoms with Crippen LogP contribution in [-0.4, -0.2) is 12.6 Å². The van der Waals surface area contributed by atoms with E-state index in [1.807, 2.05) is 0 Å². The highest BCUT2D eigenvalue weighted by Gasteiger charge is 2.37. The predicted octanol–water partition coefficient (Wildman–Crippen LogP) is 2.20. The molecule has 2 nitrogen and oxygen atoms in total. The van der Waals surface area contributed by atoms with Crippen molar-refractivity contribution in [3.05, 3.63) is 35.4 Å². The topological polar surface area (TPSA) is 26.3 Å². The Hall–Kier alpha value is -1.31. The molecule has 1 aromatic carbocycles. The average molecular weight is 190 g/mol. The Labute approximate surface area is 83.9 Å². The second-order valence-corrected chi connectivity index (χ2v) is 4.26. The summed E-state index contributed by atoms with van der Waals surface area (Å²) in [7, 11) is 0. The van der Waals surface area contributed by atoms with Crippen LogP contribution in [-0.2, 0) is 14.9 Å². The smallest absolute Gasteiger partial charge is 0.306 e. The van der Waals surface area contributed by atoms with Crippen LogP contribution in [0.25, 0.3) is 0 Å². The molecule has 1 aromatic rings. The van der Waals surface area contributed by atoms with Gasteiger partial charge in [0, 0.05) is 5.41 Å². The van der Waals surface area contributed by atoms with Crippen molar-refractivity contribution in [3.63, 3.8) is 0 Å². The van der Waals surface area contributed by atoms with E-state index < -0.39 is 0 Å². The van der Waals surface area contributed by atoms with E-state index in [2.05, 4.69) is 38.1 Å². The van der Waals surface area contributed by atoms with Gasteiger partial charge in [0.2, 0.25) is 0 Å². The van der Waals surface area contributed by atoms with Crippen LogP contribution in [0.3, 0.4) is 0 Å². The number of benzene rings is 1. The maximum Gasteiger partial charge on any atom is 0.306 e. The first-order valence-corrected chi connectivity index (χ1v) is 4.83. The van der Waals surface area contributed by atoms with Crippen molar-refractivity contribution >= 4 is 5.97 Å². The fraction of sp³-hybridized carbons (Fsp3) is 0.417. The SMILES string of the molecule is Cc1ccc(C2(C)COC(=O)C2)cc1. The Morgan fingerprint density at radius 3 is 2.43 bits per heavy atom. The maximum absolute atomic E-state index is 11.1. The summed E-state index contributed by atoms with van der Waals surface area (Å²) in [4.78, 5) is 11.1. The lowest BCUT2D eigenvalue weighted by atomic mass is 9.82. The molecule has 0 aliphatic carbocycles. The molecule has 0 aromatic heterocycles. The van der Waals surface area contributed by atoms with Gasteiger partial charge >= 0.3 is 5.97 Å². The quantitative estimate of drug-likeness (QED) is 0.634. The fourth-order valence-corrected chi connectivity index (χ4v) is 1.80. The molecule has 0 bridgehead atoms. The second-order valence-electron chi connectivity index (χ2n) is 4.26. The van der Waals surface area contributed by atoms with Crippen molar-refractivity contribution in [3.8, 4) is 0 Å². The van der Waals surface area contributed by atoms with Crippen LogP contribution in [0.4, 0.5) is 0 Å². The molecule has 1 saturated heterocycles. The summed E-state index contributed by atoms with van der Waals surface area (Å²) < 4.78 is 5.01. The van der Waals surface area contributed by atoms with Crippen LogP contribution in [0.15, 0.2) is 24.3 Å². The highest BCUT2D eigenvalue weighted by Crippen LogP contribution is 2.33. The number of rotatable bonds is 1. The number of esters is 1. The number of carbonyl (C=O) groups excluding carboxylic acids is 1. The number of hydrogen-bond donors (Lipinski definition) is 0. The summed E-state index contributed by atoms with van der Waals surface area (Å²) in [5, 5.41) is 0. The number of aryl methyl sites for hydroxylation is 1. The summed E-state index contributed by atoms with van der Waals surface area (Å²) in [6, 6.07) is 8.31. The third kappa shape index (κ3) is 1.52. The van der Waals surface area contributed by atoms with E-state index in [-0.39, 0.29) is 11.4 Å². The lowest BCUT2D eigenvalue weighted by molar-refractivity contribution is -0.137. The fourth-order valence-electron chi connectivity index (χ4n) is 1.80. The standard InChI is InChI=1S/C12H14O2/c1-9-3-5-10(6-4-9)12(2)7-11(13)14-8-12/h3-6H,7-8H2,1-2H3. The Bertz CT molecular complexity index is 353. The minimum atomic E-state index is -0.120. The molecular formula is C12H14O2. The highest BCUT2D eigenvalue weighted by atomic mass is 16.5. The van der Waals surface area contributed by atoms with E-state index in [0.717, 1.165) is 0 Å².